The second-order valence-electron chi connectivity index (χ2n) is 6.09. The number of carbonyl (C=O) groups excluding carboxylic acids is 2. The number of amides is 2. The Labute approximate surface area is 145 Å². The molecule has 25 heavy (non-hydrogen) atoms. The van der Waals surface area contributed by atoms with E-state index in [1.165, 1.54) is 19.2 Å². The predicted octanol–water partition coefficient (Wildman–Crippen LogP) is 2.04. The van der Waals surface area contributed by atoms with Gasteiger partial charge in [0.05, 0.1) is 7.11 Å². The lowest BCUT2D eigenvalue weighted by Crippen LogP contribution is -2.58. The van der Waals surface area contributed by atoms with Crippen molar-refractivity contribution in [2.45, 2.75) is 25.4 Å². The number of methoxy groups -OCH3 is 1. The molecule has 1 aliphatic rings. The standard InChI is InChI=1S/C19H19FN2O3/c1-11-4-3-5-12(8-11)9-15-18(23)22-17(19(24)21-15)13-6-7-16(25-2)14(20)10-13/h3-8,10,15,17H,9H2,1-2H3,(H,21,24)(H,22,23). The van der Waals surface area contributed by atoms with Crippen LogP contribution < -0.4 is 15.4 Å². The summed E-state index contributed by atoms with van der Waals surface area (Å²) in [6.07, 6.45) is 0.406. The smallest absolute Gasteiger partial charge is 0.247 e. The first-order valence-corrected chi connectivity index (χ1v) is 7.97. The van der Waals surface area contributed by atoms with Gasteiger partial charge in [-0.1, -0.05) is 35.9 Å². The Kier molecular flexibility index (Phi) is 4.70. The van der Waals surface area contributed by atoms with Crippen LogP contribution in [-0.4, -0.2) is 25.0 Å². The topological polar surface area (TPSA) is 67.4 Å². The van der Waals surface area contributed by atoms with Crippen LogP contribution in [0.3, 0.4) is 0 Å². The molecule has 2 atom stereocenters. The number of halogens is 1. The minimum atomic E-state index is -0.915. The van der Waals surface area contributed by atoms with Gasteiger partial charge in [-0.3, -0.25) is 9.59 Å². The summed E-state index contributed by atoms with van der Waals surface area (Å²) >= 11 is 0. The summed E-state index contributed by atoms with van der Waals surface area (Å²) in [5.41, 5.74) is 2.43. The average Bonchev–Trinajstić information content (AvgIpc) is 2.58. The molecule has 1 fully saturated rings. The van der Waals surface area contributed by atoms with Gasteiger partial charge in [0.1, 0.15) is 12.1 Å². The zero-order chi connectivity index (χ0) is 18.0. The largest absolute Gasteiger partial charge is 0.494 e. The van der Waals surface area contributed by atoms with Crippen molar-refractivity contribution in [2.24, 2.45) is 0 Å². The van der Waals surface area contributed by atoms with Crippen LogP contribution in [0.15, 0.2) is 42.5 Å². The first-order valence-electron chi connectivity index (χ1n) is 7.97. The molecule has 1 heterocycles. The van der Waals surface area contributed by atoms with Gasteiger partial charge in [0, 0.05) is 6.42 Å². The molecular formula is C19H19FN2O3. The Morgan fingerprint density at radius 2 is 1.88 bits per heavy atom. The molecule has 3 rings (SSSR count). The quantitative estimate of drug-likeness (QED) is 0.894. The fourth-order valence-electron chi connectivity index (χ4n) is 2.94. The van der Waals surface area contributed by atoms with Gasteiger partial charge in [0.25, 0.3) is 0 Å². The number of rotatable bonds is 4. The normalized spacial score (nSPS) is 20.0. The van der Waals surface area contributed by atoms with E-state index in [-0.39, 0.29) is 17.6 Å². The van der Waals surface area contributed by atoms with Crippen molar-refractivity contribution < 1.29 is 18.7 Å². The van der Waals surface area contributed by atoms with Crippen LogP contribution in [0.5, 0.6) is 5.75 Å². The Hall–Kier alpha value is -2.89. The van der Waals surface area contributed by atoms with Gasteiger partial charge in [-0.05, 0) is 30.2 Å². The number of ether oxygens (including phenoxy) is 1. The van der Waals surface area contributed by atoms with E-state index in [0.717, 1.165) is 11.1 Å². The lowest BCUT2D eigenvalue weighted by molar-refractivity contribution is -0.136. The summed E-state index contributed by atoms with van der Waals surface area (Å²) in [4.78, 5) is 24.8. The van der Waals surface area contributed by atoms with E-state index >= 15 is 0 Å². The lowest BCUT2D eigenvalue weighted by Gasteiger charge is -2.30. The maximum atomic E-state index is 13.9. The second kappa shape index (κ2) is 6.93. The predicted molar refractivity (Wildman–Crippen MR) is 90.6 cm³/mol. The molecule has 0 saturated carbocycles. The Balaban J connectivity index is 1.75. The fraction of sp³-hybridized carbons (Fsp3) is 0.263. The van der Waals surface area contributed by atoms with Gasteiger partial charge in [-0.25, -0.2) is 4.39 Å². The van der Waals surface area contributed by atoms with Gasteiger partial charge in [0.2, 0.25) is 11.8 Å². The Morgan fingerprint density at radius 1 is 1.08 bits per heavy atom. The minimum Gasteiger partial charge on any atom is -0.494 e. The molecule has 0 bridgehead atoms. The highest BCUT2D eigenvalue weighted by molar-refractivity contribution is 5.97. The summed E-state index contributed by atoms with van der Waals surface area (Å²) in [6.45, 7) is 1.97. The average molecular weight is 342 g/mol. The highest BCUT2D eigenvalue weighted by Crippen LogP contribution is 2.24. The first kappa shape index (κ1) is 17.0. The zero-order valence-electron chi connectivity index (χ0n) is 14.0. The van der Waals surface area contributed by atoms with Crippen LogP contribution in [0.1, 0.15) is 22.7 Å². The van der Waals surface area contributed by atoms with Crippen LogP contribution in [0.2, 0.25) is 0 Å². The highest BCUT2D eigenvalue weighted by Gasteiger charge is 2.34. The number of hydrogen-bond acceptors (Lipinski definition) is 3. The van der Waals surface area contributed by atoms with Gasteiger partial charge in [0.15, 0.2) is 11.6 Å². The monoisotopic (exact) mass is 342 g/mol. The summed E-state index contributed by atoms with van der Waals surface area (Å²) in [5, 5.41) is 5.40. The van der Waals surface area contributed by atoms with Gasteiger partial charge < -0.3 is 15.4 Å². The number of hydrogen-bond donors (Lipinski definition) is 2. The van der Waals surface area contributed by atoms with Crippen LogP contribution >= 0.6 is 0 Å². The number of benzene rings is 2. The molecule has 2 N–H and O–H groups in total. The minimum absolute atomic E-state index is 0.0867. The summed E-state index contributed by atoms with van der Waals surface area (Å²) in [7, 11) is 1.36. The van der Waals surface area contributed by atoms with E-state index in [9.17, 15) is 14.0 Å². The number of aryl methyl sites for hydroxylation is 1. The Bertz CT molecular complexity index is 822. The third-order valence-electron chi connectivity index (χ3n) is 4.21. The lowest BCUT2D eigenvalue weighted by atomic mass is 9.98. The third-order valence-corrected chi connectivity index (χ3v) is 4.21. The van der Waals surface area contributed by atoms with Crippen molar-refractivity contribution in [2.75, 3.05) is 7.11 Å². The molecule has 5 nitrogen and oxygen atoms in total. The van der Waals surface area contributed by atoms with Gasteiger partial charge >= 0.3 is 0 Å². The molecule has 130 valence electrons. The molecular weight excluding hydrogens is 323 g/mol. The van der Waals surface area contributed by atoms with Crippen molar-refractivity contribution >= 4 is 11.8 Å². The number of nitrogens with one attached hydrogen (secondary N) is 2. The zero-order valence-corrected chi connectivity index (χ0v) is 14.0. The van der Waals surface area contributed by atoms with Gasteiger partial charge in [-0.15, -0.1) is 0 Å². The SMILES string of the molecule is COc1ccc(C2NC(=O)C(Cc3cccc(C)c3)NC2=O)cc1F. The number of carbonyl (C=O) groups is 2. The van der Waals surface area contributed by atoms with Crippen LogP contribution in [0, 0.1) is 12.7 Å². The second-order valence-corrected chi connectivity index (χ2v) is 6.09. The Morgan fingerprint density at radius 3 is 2.56 bits per heavy atom. The highest BCUT2D eigenvalue weighted by atomic mass is 19.1. The first-order chi connectivity index (χ1) is 12.0. The molecule has 2 aromatic carbocycles. The van der Waals surface area contributed by atoms with E-state index < -0.39 is 17.9 Å². The van der Waals surface area contributed by atoms with Gasteiger partial charge in [-0.2, -0.15) is 0 Å². The molecule has 2 amide bonds. The molecule has 0 aromatic heterocycles. The van der Waals surface area contributed by atoms with Crippen molar-refractivity contribution in [3.8, 4) is 5.75 Å². The third kappa shape index (κ3) is 3.63. The molecule has 1 saturated heterocycles. The van der Waals surface area contributed by atoms with Crippen molar-refractivity contribution in [1.29, 1.82) is 0 Å². The molecule has 1 aliphatic heterocycles. The maximum absolute atomic E-state index is 13.9. The van der Waals surface area contributed by atoms with E-state index in [1.807, 2.05) is 31.2 Å². The van der Waals surface area contributed by atoms with E-state index in [0.29, 0.717) is 12.0 Å². The summed E-state index contributed by atoms with van der Waals surface area (Å²) in [5.74, 6) is -1.14. The van der Waals surface area contributed by atoms with Crippen molar-refractivity contribution in [1.82, 2.24) is 10.6 Å². The maximum Gasteiger partial charge on any atom is 0.247 e. The van der Waals surface area contributed by atoms with Crippen LogP contribution in [0.4, 0.5) is 4.39 Å². The van der Waals surface area contributed by atoms with Crippen molar-refractivity contribution in [3.63, 3.8) is 0 Å². The van der Waals surface area contributed by atoms with E-state index in [1.54, 1.807) is 6.07 Å². The molecule has 0 radical (unpaired) electrons. The molecule has 6 heteroatoms. The van der Waals surface area contributed by atoms with E-state index in [4.69, 9.17) is 4.74 Å². The number of piperazine rings is 1. The molecule has 0 aliphatic carbocycles. The van der Waals surface area contributed by atoms with Crippen molar-refractivity contribution in [3.05, 3.63) is 65.0 Å². The summed E-state index contributed by atoms with van der Waals surface area (Å²) < 4.78 is 18.7. The summed E-state index contributed by atoms with van der Waals surface area (Å²) in [6, 6.07) is 10.4. The van der Waals surface area contributed by atoms with Crippen LogP contribution in [0.25, 0.3) is 0 Å². The fourth-order valence-corrected chi connectivity index (χ4v) is 2.94. The molecule has 2 aromatic rings. The van der Waals surface area contributed by atoms with Crippen LogP contribution in [-0.2, 0) is 16.0 Å². The molecule has 2 unspecified atom stereocenters. The molecule has 0 spiro atoms. The van der Waals surface area contributed by atoms with E-state index in [2.05, 4.69) is 10.6 Å².